The van der Waals surface area contributed by atoms with Crippen LogP contribution in [-0.4, -0.2) is 61.0 Å². The number of likely N-dealkylation sites (tertiary alicyclic amines) is 1. The SMILES string of the molecule is COc1cc(C(=O)N2CC[C@H]2c2nnc(-c3ccccc3OC(F)(F)F)[nH]2)c(-n2nccn2)cc1Cl. The molecule has 1 atom stereocenters. The molecule has 186 valence electrons. The summed E-state index contributed by atoms with van der Waals surface area (Å²) < 4.78 is 47.8. The van der Waals surface area contributed by atoms with Gasteiger partial charge in [-0.15, -0.1) is 23.4 Å². The number of carbonyl (C=O) groups is 1. The van der Waals surface area contributed by atoms with Crippen molar-refractivity contribution in [1.29, 1.82) is 0 Å². The number of aromatic amines is 1. The Morgan fingerprint density at radius 2 is 1.89 bits per heavy atom. The summed E-state index contributed by atoms with van der Waals surface area (Å²) in [4.78, 5) is 19.3. The molecule has 1 fully saturated rings. The minimum absolute atomic E-state index is 0.0822. The Bertz CT molecular complexity index is 1410. The third kappa shape index (κ3) is 4.44. The minimum Gasteiger partial charge on any atom is -0.495 e. The van der Waals surface area contributed by atoms with Crippen molar-refractivity contribution in [2.45, 2.75) is 18.8 Å². The number of nitrogens with one attached hydrogen (secondary N) is 1. The fourth-order valence-electron chi connectivity index (χ4n) is 3.87. The maximum atomic E-state index is 13.5. The summed E-state index contributed by atoms with van der Waals surface area (Å²) in [6, 6.07) is 8.15. The molecule has 0 unspecified atom stereocenters. The first-order chi connectivity index (χ1) is 17.2. The van der Waals surface area contributed by atoms with Crippen LogP contribution in [0.15, 0.2) is 48.8 Å². The van der Waals surface area contributed by atoms with Gasteiger partial charge >= 0.3 is 6.36 Å². The molecule has 3 heterocycles. The number of methoxy groups -OCH3 is 1. The quantitative estimate of drug-likeness (QED) is 0.406. The molecule has 1 N–H and O–H groups in total. The molecule has 0 bridgehead atoms. The predicted octanol–water partition coefficient (Wildman–Crippen LogP) is 4.20. The average molecular weight is 520 g/mol. The lowest BCUT2D eigenvalue weighted by Gasteiger charge is -2.39. The summed E-state index contributed by atoms with van der Waals surface area (Å²) in [6.07, 6.45) is -1.36. The summed E-state index contributed by atoms with van der Waals surface area (Å²) in [5.74, 6) is -0.0628. The van der Waals surface area contributed by atoms with Crippen LogP contribution in [0.1, 0.15) is 28.6 Å². The van der Waals surface area contributed by atoms with Crippen LogP contribution in [0.3, 0.4) is 0 Å². The summed E-state index contributed by atoms with van der Waals surface area (Å²) in [5, 5.41) is 16.5. The van der Waals surface area contributed by atoms with Crippen molar-refractivity contribution in [3.05, 3.63) is 65.2 Å². The number of hydrogen-bond donors (Lipinski definition) is 1. The van der Waals surface area contributed by atoms with Gasteiger partial charge < -0.3 is 19.4 Å². The van der Waals surface area contributed by atoms with E-state index >= 15 is 0 Å². The molecule has 5 rings (SSSR count). The Hall–Kier alpha value is -4.13. The summed E-state index contributed by atoms with van der Waals surface area (Å²) >= 11 is 6.27. The lowest BCUT2D eigenvalue weighted by Crippen LogP contribution is -2.46. The van der Waals surface area contributed by atoms with Crippen LogP contribution >= 0.6 is 11.6 Å². The van der Waals surface area contributed by atoms with Crippen molar-refractivity contribution in [3.8, 4) is 28.6 Å². The molecule has 14 heteroatoms. The minimum atomic E-state index is -4.86. The highest BCUT2D eigenvalue weighted by molar-refractivity contribution is 6.32. The van der Waals surface area contributed by atoms with Gasteiger partial charge in [-0.3, -0.25) is 4.79 Å². The molecule has 0 aliphatic carbocycles. The first-order valence-electron chi connectivity index (χ1n) is 10.6. The van der Waals surface area contributed by atoms with Crippen LogP contribution in [-0.2, 0) is 0 Å². The predicted molar refractivity (Wildman–Crippen MR) is 120 cm³/mol. The van der Waals surface area contributed by atoms with Gasteiger partial charge in [0.05, 0.1) is 41.7 Å². The molecular formula is C22H17ClF3N7O3. The first-order valence-corrected chi connectivity index (χ1v) is 11.0. The molecule has 10 nitrogen and oxygen atoms in total. The van der Waals surface area contributed by atoms with Gasteiger partial charge in [0.2, 0.25) is 0 Å². The second-order valence-corrected chi connectivity index (χ2v) is 8.14. The summed E-state index contributed by atoms with van der Waals surface area (Å²) in [6.45, 7) is 0.421. The van der Waals surface area contributed by atoms with Crippen LogP contribution in [0.5, 0.6) is 11.5 Å². The van der Waals surface area contributed by atoms with Crippen molar-refractivity contribution in [2.75, 3.05) is 13.7 Å². The molecule has 2 aromatic carbocycles. The van der Waals surface area contributed by atoms with E-state index in [1.54, 1.807) is 11.0 Å². The maximum Gasteiger partial charge on any atom is 0.573 e. The van der Waals surface area contributed by atoms with E-state index in [0.717, 1.165) is 0 Å². The molecular weight excluding hydrogens is 503 g/mol. The van der Waals surface area contributed by atoms with E-state index < -0.39 is 18.2 Å². The Labute approximate surface area is 206 Å². The molecule has 4 aromatic rings. The lowest BCUT2D eigenvalue weighted by molar-refractivity contribution is -0.274. The van der Waals surface area contributed by atoms with Gasteiger partial charge in [0.1, 0.15) is 17.2 Å². The van der Waals surface area contributed by atoms with Crippen LogP contribution in [0.2, 0.25) is 5.02 Å². The van der Waals surface area contributed by atoms with E-state index in [9.17, 15) is 18.0 Å². The van der Waals surface area contributed by atoms with Gasteiger partial charge in [0.15, 0.2) is 11.6 Å². The highest BCUT2D eigenvalue weighted by atomic mass is 35.5. The number of halogens is 4. The number of para-hydroxylation sites is 1. The van der Waals surface area contributed by atoms with Gasteiger partial charge in [0, 0.05) is 6.54 Å². The van der Waals surface area contributed by atoms with Crippen LogP contribution in [0.4, 0.5) is 13.2 Å². The van der Waals surface area contributed by atoms with Crippen molar-refractivity contribution in [3.63, 3.8) is 0 Å². The summed E-state index contributed by atoms with van der Waals surface area (Å²) in [7, 11) is 1.43. The van der Waals surface area contributed by atoms with Crippen molar-refractivity contribution in [1.82, 2.24) is 35.1 Å². The van der Waals surface area contributed by atoms with Crippen LogP contribution < -0.4 is 9.47 Å². The number of H-pyrrole nitrogens is 1. The van der Waals surface area contributed by atoms with Gasteiger partial charge in [-0.25, -0.2) is 0 Å². The number of hydrogen-bond acceptors (Lipinski definition) is 7. The van der Waals surface area contributed by atoms with Crippen molar-refractivity contribution in [2.24, 2.45) is 0 Å². The van der Waals surface area contributed by atoms with E-state index in [2.05, 4.69) is 30.1 Å². The standard InChI is InChI=1S/C22H17ClF3N7O3/c1-35-18-10-13(16(11-14(18)23)33-27-7-8-28-33)21(34)32-9-6-15(32)20-29-19(30-31-20)12-4-2-3-5-17(12)36-22(24,25)26/h2-5,7-8,10-11,15H,6,9H2,1H3,(H,29,30,31)/t15-/m0/s1. The Balaban J connectivity index is 1.44. The number of carbonyl (C=O) groups excluding carboxylic acids is 1. The van der Waals surface area contributed by atoms with E-state index in [-0.39, 0.29) is 27.9 Å². The zero-order chi connectivity index (χ0) is 25.4. The van der Waals surface area contributed by atoms with E-state index in [4.69, 9.17) is 16.3 Å². The number of amides is 1. The Morgan fingerprint density at radius 3 is 2.56 bits per heavy atom. The molecule has 0 spiro atoms. The highest BCUT2D eigenvalue weighted by Gasteiger charge is 2.38. The van der Waals surface area contributed by atoms with Gasteiger partial charge in [-0.1, -0.05) is 23.7 Å². The van der Waals surface area contributed by atoms with Gasteiger partial charge in [-0.05, 0) is 30.7 Å². The third-order valence-corrected chi connectivity index (χ3v) is 5.90. The first kappa shape index (κ1) is 23.6. The normalized spacial score (nSPS) is 15.5. The smallest absolute Gasteiger partial charge is 0.495 e. The van der Waals surface area contributed by atoms with Crippen molar-refractivity contribution >= 4 is 17.5 Å². The zero-order valence-electron chi connectivity index (χ0n) is 18.5. The molecule has 1 aliphatic heterocycles. The number of nitrogens with zero attached hydrogens (tertiary/aromatic N) is 6. The van der Waals surface area contributed by atoms with Gasteiger partial charge in [-0.2, -0.15) is 15.0 Å². The monoisotopic (exact) mass is 519 g/mol. The van der Waals surface area contributed by atoms with Crippen LogP contribution in [0, 0.1) is 0 Å². The fourth-order valence-corrected chi connectivity index (χ4v) is 4.10. The lowest BCUT2D eigenvalue weighted by atomic mass is 9.99. The number of ether oxygens (including phenoxy) is 2. The molecule has 0 saturated carbocycles. The number of rotatable bonds is 6. The molecule has 1 amide bonds. The Morgan fingerprint density at radius 1 is 1.14 bits per heavy atom. The van der Waals surface area contributed by atoms with E-state index in [1.807, 2.05) is 0 Å². The van der Waals surface area contributed by atoms with Crippen molar-refractivity contribution < 1.29 is 27.4 Å². The molecule has 0 radical (unpaired) electrons. The number of benzene rings is 2. The molecule has 1 aliphatic rings. The van der Waals surface area contributed by atoms with E-state index in [0.29, 0.717) is 30.2 Å². The second-order valence-electron chi connectivity index (χ2n) is 7.73. The zero-order valence-corrected chi connectivity index (χ0v) is 19.3. The Kier molecular flexibility index (Phi) is 6.00. The average Bonchev–Trinajstić information content (AvgIpc) is 3.50. The van der Waals surface area contributed by atoms with E-state index in [1.165, 1.54) is 54.6 Å². The fraction of sp³-hybridized carbons (Fsp3) is 0.227. The second kappa shape index (κ2) is 9.15. The molecule has 2 aromatic heterocycles. The molecule has 36 heavy (non-hydrogen) atoms. The third-order valence-electron chi connectivity index (χ3n) is 5.60. The number of aromatic nitrogens is 6. The van der Waals surface area contributed by atoms with Gasteiger partial charge in [0.25, 0.3) is 5.91 Å². The summed E-state index contributed by atoms with van der Waals surface area (Å²) in [5.41, 5.74) is 0.694. The van der Waals surface area contributed by atoms with Crippen LogP contribution in [0.25, 0.3) is 17.1 Å². The largest absolute Gasteiger partial charge is 0.573 e. The molecule has 1 saturated heterocycles. The number of alkyl halides is 3. The highest BCUT2D eigenvalue weighted by Crippen LogP contribution is 2.38. The maximum absolute atomic E-state index is 13.5. The topological polar surface area (TPSA) is 111 Å².